The van der Waals surface area contributed by atoms with Crippen molar-refractivity contribution in [1.82, 2.24) is 15.1 Å². The number of carbonyl (C=O) groups excluding carboxylic acids is 2. The lowest BCUT2D eigenvalue weighted by molar-refractivity contribution is -0.143. The molecule has 0 bridgehead atoms. The summed E-state index contributed by atoms with van der Waals surface area (Å²) < 4.78 is 0. The van der Waals surface area contributed by atoms with Gasteiger partial charge in [0, 0.05) is 27.2 Å². The fraction of sp³-hybridized carbons (Fsp3) is 0.786. The summed E-state index contributed by atoms with van der Waals surface area (Å²) in [6, 6.07) is -0.766. The molecule has 3 amide bonds. The molecular formula is C14H25N3O4. The van der Waals surface area contributed by atoms with Gasteiger partial charge in [-0.25, -0.2) is 4.79 Å². The lowest BCUT2D eigenvalue weighted by Crippen LogP contribution is -2.49. The summed E-state index contributed by atoms with van der Waals surface area (Å²) in [7, 11) is 4.78. The Labute approximate surface area is 125 Å². The van der Waals surface area contributed by atoms with E-state index < -0.39 is 17.9 Å². The minimum absolute atomic E-state index is 0.0245. The molecule has 0 aromatic rings. The molecule has 1 aliphatic rings. The zero-order chi connectivity index (χ0) is 16.0. The molecule has 1 fully saturated rings. The van der Waals surface area contributed by atoms with E-state index in [0.717, 1.165) is 19.3 Å². The van der Waals surface area contributed by atoms with Gasteiger partial charge in [-0.05, 0) is 12.8 Å². The van der Waals surface area contributed by atoms with Gasteiger partial charge in [-0.3, -0.25) is 9.59 Å². The summed E-state index contributed by atoms with van der Waals surface area (Å²) in [5, 5.41) is 12.0. The minimum Gasteiger partial charge on any atom is -0.481 e. The SMILES string of the molecule is CN(C)C(=O)CN(C)C(=O)NC1CCCCCC1C(=O)O. The first-order valence-corrected chi connectivity index (χ1v) is 7.27. The second-order valence-corrected chi connectivity index (χ2v) is 5.78. The first-order chi connectivity index (χ1) is 9.82. The molecule has 0 saturated heterocycles. The van der Waals surface area contributed by atoms with Crippen LogP contribution in [0.2, 0.25) is 0 Å². The Bertz CT molecular complexity index is 398. The minimum atomic E-state index is -0.866. The number of nitrogens with zero attached hydrogens (tertiary/aromatic N) is 2. The van der Waals surface area contributed by atoms with Gasteiger partial charge in [-0.2, -0.15) is 0 Å². The highest BCUT2D eigenvalue weighted by molar-refractivity contribution is 5.84. The Hall–Kier alpha value is -1.79. The van der Waals surface area contributed by atoms with Crippen LogP contribution in [-0.2, 0) is 9.59 Å². The van der Waals surface area contributed by atoms with E-state index >= 15 is 0 Å². The van der Waals surface area contributed by atoms with Crippen molar-refractivity contribution in [3.63, 3.8) is 0 Å². The predicted octanol–water partition coefficient (Wildman–Crippen LogP) is 0.750. The van der Waals surface area contributed by atoms with E-state index in [1.165, 1.54) is 16.8 Å². The van der Waals surface area contributed by atoms with Crippen LogP contribution in [0.25, 0.3) is 0 Å². The summed E-state index contributed by atoms with van der Waals surface area (Å²) in [5.74, 6) is -1.59. The maximum atomic E-state index is 12.1. The molecule has 0 heterocycles. The zero-order valence-corrected chi connectivity index (χ0v) is 13.0. The van der Waals surface area contributed by atoms with E-state index in [1.807, 2.05) is 0 Å². The van der Waals surface area contributed by atoms with Crippen molar-refractivity contribution < 1.29 is 19.5 Å². The Morgan fingerprint density at radius 3 is 2.29 bits per heavy atom. The van der Waals surface area contributed by atoms with Crippen molar-refractivity contribution >= 4 is 17.9 Å². The molecule has 7 heteroatoms. The molecule has 0 aliphatic heterocycles. The van der Waals surface area contributed by atoms with Crippen molar-refractivity contribution in [2.45, 2.75) is 38.1 Å². The fourth-order valence-corrected chi connectivity index (χ4v) is 2.46. The number of amides is 3. The number of hydrogen-bond acceptors (Lipinski definition) is 3. The number of nitrogens with one attached hydrogen (secondary N) is 1. The molecule has 21 heavy (non-hydrogen) atoms. The molecule has 0 aromatic heterocycles. The van der Waals surface area contributed by atoms with E-state index in [2.05, 4.69) is 5.32 Å². The molecule has 7 nitrogen and oxygen atoms in total. The summed E-state index contributed by atoms with van der Waals surface area (Å²) in [4.78, 5) is 37.7. The highest BCUT2D eigenvalue weighted by Crippen LogP contribution is 2.24. The number of hydrogen-bond donors (Lipinski definition) is 2. The topological polar surface area (TPSA) is 90.0 Å². The number of carboxylic acid groups (broad SMARTS) is 1. The smallest absolute Gasteiger partial charge is 0.317 e. The lowest BCUT2D eigenvalue weighted by atomic mass is 9.95. The molecule has 0 radical (unpaired) electrons. The van der Waals surface area contributed by atoms with Gasteiger partial charge in [0.15, 0.2) is 0 Å². The molecule has 2 unspecified atom stereocenters. The second-order valence-electron chi connectivity index (χ2n) is 5.78. The summed E-state index contributed by atoms with van der Waals surface area (Å²) in [6.07, 6.45) is 4.03. The molecule has 1 rings (SSSR count). The van der Waals surface area contributed by atoms with Crippen LogP contribution in [-0.4, -0.2) is 66.5 Å². The first kappa shape index (κ1) is 17.3. The third kappa shape index (κ3) is 5.24. The maximum Gasteiger partial charge on any atom is 0.317 e. The molecule has 1 aliphatic carbocycles. The van der Waals surface area contributed by atoms with Crippen LogP contribution in [0.15, 0.2) is 0 Å². The fourth-order valence-electron chi connectivity index (χ4n) is 2.46. The van der Waals surface area contributed by atoms with Crippen LogP contribution in [0.1, 0.15) is 32.1 Å². The molecule has 0 aromatic carbocycles. The van der Waals surface area contributed by atoms with Gasteiger partial charge in [0.05, 0.1) is 5.92 Å². The van der Waals surface area contributed by atoms with E-state index in [9.17, 15) is 19.5 Å². The van der Waals surface area contributed by atoms with Gasteiger partial charge in [0.1, 0.15) is 6.54 Å². The summed E-state index contributed by atoms with van der Waals surface area (Å²) in [5.41, 5.74) is 0. The highest BCUT2D eigenvalue weighted by atomic mass is 16.4. The number of aliphatic carboxylic acids is 1. The largest absolute Gasteiger partial charge is 0.481 e. The molecule has 2 atom stereocenters. The predicted molar refractivity (Wildman–Crippen MR) is 77.9 cm³/mol. The Morgan fingerprint density at radius 1 is 1.10 bits per heavy atom. The normalized spacial score (nSPS) is 22.0. The third-order valence-corrected chi connectivity index (χ3v) is 3.86. The maximum absolute atomic E-state index is 12.1. The van der Waals surface area contributed by atoms with Crippen molar-refractivity contribution in [2.24, 2.45) is 5.92 Å². The average molecular weight is 299 g/mol. The second kappa shape index (κ2) is 7.85. The van der Waals surface area contributed by atoms with Gasteiger partial charge >= 0.3 is 12.0 Å². The van der Waals surface area contributed by atoms with Crippen LogP contribution < -0.4 is 5.32 Å². The van der Waals surface area contributed by atoms with E-state index in [0.29, 0.717) is 12.8 Å². The van der Waals surface area contributed by atoms with Crippen molar-refractivity contribution in [1.29, 1.82) is 0 Å². The number of carbonyl (C=O) groups is 3. The quantitative estimate of drug-likeness (QED) is 0.750. The van der Waals surface area contributed by atoms with E-state index in [-0.39, 0.29) is 18.5 Å². The van der Waals surface area contributed by atoms with Crippen molar-refractivity contribution in [3.05, 3.63) is 0 Å². The standard InChI is InChI=1S/C14H25N3O4/c1-16(2)12(18)9-17(3)14(21)15-11-8-6-4-5-7-10(11)13(19)20/h10-11H,4-9H2,1-3H3,(H,15,21)(H,19,20). The molecular weight excluding hydrogens is 274 g/mol. The Balaban J connectivity index is 2.61. The monoisotopic (exact) mass is 299 g/mol. The number of likely N-dealkylation sites (N-methyl/N-ethyl adjacent to an activating group) is 2. The number of carboxylic acids is 1. The average Bonchev–Trinajstić information content (AvgIpc) is 2.63. The zero-order valence-electron chi connectivity index (χ0n) is 13.0. The molecule has 1 saturated carbocycles. The lowest BCUT2D eigenvalue weighted by Gasteiger charge is -2.26. The summed E-state index contributed by atoms with van der Waals surface area (Å²) in [6.45, 7) is -0.0245. The Morgan fingerprint density at radius 2 is 1.71 bits per heavy atom. The third-order valence-electron chi connectivity index (χ3n) is 3.86. The van der Waals surface area contributed by atoms with Crippen molar-refractivity contribution in [3.8, 4) is 0 Å². The van der Waals surface area contributed by atoms with Gasteiger partial charge in [-0.15, -0.1) is 0 Å². The van der Waals surface area contributed by atoms with Crippen LogP contribution in [0.5, 0.6) is 0 Å². The number of rotatable bonds is 4. The van der Waals surface area contributed by atoms with Crippen LogP contribution >= 0.6 is 0 Å². The number of urea groups is 1. The highest BCUT2D eigenvalue weighted by Gasteiger charge is 2.31. The van der Waals surface area contributed by atoms with Gasteiger partial charge in [-0.1, -0.05) is 19.3 Å². The van der Waals surface area contributed by atoms with Crippen LogP contribution in [0.3, 0.4) is 0 Å². The molecule has 0 spiro atoms. The Kier molecular flexibility index (Phi) is 6.45. The van der Waals surface area contributed by atoms with Gasteiger partial charge in [0.25, 0.3) is 0 Å². The van der Waals surface area contributed by atoms with Gasteiger partial charge in [0.2, 0.25) is 5.91 Å². The molecule has 120 valence electrons. The van der Waals surface area contributed by atoms with Crippen molar-refractivity contribution in [2.75, 3.05) is 27.7 Å². The van der Waals surface area contributed by atoms with Gasteiger partial charge < -0.3 is 20.2 Å². The summed E-state index contributed by atoms with van der Waals surface area (Å²) >= 11 is 0. The van der Waals surface area contributed by atoms with E-state index in [1.54, 1.807) is 14.1 Å². The van der Waals surface area contributed by atoms with Crippen LogP contribution in [0.4, 0.5) is 4.79 Å². The first-order valence-electron chi connectivity index (χ1n) is 7.27. The molecule has 2 N–H and O–H groups in total. The van der Waals surface area contributed by atoms with E-state index in [4.69, 9.17) is 0 Å². The van der Waals surface area contributed by atoms with Crippen LogP contribution in [0, 0.1) is 5.92 Å².